The Morgan fingerprint density at radius 3 is 2.71 bits per heavy atom. The van der Waals surface area contributed by atoms with E-state index in [0.29, 0.717) is 0 Å². The van der Waals surface area contributed by atoms with E-state index in [1.165, 1.54) is 0 Å². The number of likely N-dealkylation sites (tertiary alicyclic amines) is 1. The van der Waals surface area contributed by atoms with Crippen molar-refractivity contribution >= 4 is 5.97 Å². The first-order chi connectivity index (χ1) is 8.19. The van der Waals surface area contributed by atoms with Crippen LogP contribution in [-0.2, 0) is 9.53 Å². The molecule has 98 valence electrons. The number of nitrogens with zero attached hydrogens (tertiary/aromatic N) is 1. The molecule has 1 heterocycles. The lowest BCUT2D eigenvalue weighted by Crippen LogP contribution is -2.57. The second-order valence-corrected chi connectivity index (χ2v) is 5.21. The molecule has 4 heteroatoms. The van der Waals surface area contributed by atoms with Crippen molar-refractivity contribution in [1.82, 2.24) is 4.90 Å². The molecule has 1 saturated carbocycles. The lowest BCUT2D eigenvalue weighted by Gasteiger charge is -2.42. The number of rotatable bonds is 4. The number of ether oxygens (including phenoxy) is 1. The molecule has 0 amide bonds. The summed E-state index contributed by atoms with van der Waals surface area (Å²) < 4.78 is 5.66. The number of carbonyl (C=O) groups is 1. The summed E-state index contributed by atoms with van der Waals surface area (Å²) in [6.07, 6.45) is 6.05. The molecular weight excluding hydrogens is 218 g/mol. The molecule has 17 heavy (non-hydrogen) atoms. The molecule has 2 fully saturated rings. The number of aliphatic carboxylic acids is 1. The van der Waals surface area contributed by atoms with Gasteiger partial charge in [0.2, 0.25) is 0 Å². The second-order valence-electron chi connectivity index (χ2n) is 5.21. The van der Waals surface area contributed by atoms with E-state index in [-0.39, 0.29) is 6.10 Å². The van der Waals surface area contributed by atoms with Crippen LogP contribution in [0.5, 0.6) is 0 Å². The van der Waals surface area contributed by atoms with Gasteiger partial charge in [0.15, 0.2) is 0 Å². The second kappa shape index (κ2) is 5.36. The molecule has 2 rings (SSSR count). The number of hydrogen-bond donors (Lipinski definition) is 1. The minimum atomic E-state index is -0.632. The van der Waals surface area contributed by atoms with E-state index in [2.05, 4.69) is 4.90 Å². The van der Waals surface area contributed by atoms with Gasteiger partial charge in [-0.2, -0.15) is 0 Å². The molecule has 0 spiro atoms. The maximum Gasteiger partial charge on any atom is 0.324 e. The highest BCUT2D eigenvalue weighted by Gasteiger charge is 2.47. The van der Waals surface area contributed by atoms with Gasteiger partial charge in [0, 0.05) is 13.2 Å². The molecule has 1 atom stereocenters. The lowest BCUT2D eigenvalue weighted by molar-refractivity contribution is -0.154. The number of piperidine rings is 1. The van der Waals surface area contributed by atoms with Crippen LogP contribution in [0.15, 0.2) is 0 Å². The van der Waals surface area contributed by atoms with Crippen LogP contribution in [0.1, 0.15) is 45.4 Å². The van der Waals surface area contributed by atoms with Gasteiger partial charge in [-0.05, 0) is 39.2 Å². The Balaban J connectivity index is 2.06. The standard InChI is InChI=1S/C13H23NO3/c1-2-17-11-6-5-9-14(10-11)13(12(15)16)7-3-4-8-13/h11H,2-10H2,1H3,(H,15,16). The van der Waals surface area contributed by atoms with Crippen LogP contribution in [0, 0.1) is 0 Å². The molecule has 0 aromatic heterocycles. The molecular formula is C13H23NO3. The van der Waals surface area contributed by atoms with Gasteiger partial charge >= 0.3 is 5.97 Å². The first kappa shape index (κ1) is 12.8. The molecule has 1 aliphatic heterocycles. The Labute approximate surface area is 103 Å². The molecule has 4 nitrogen and oxygen atoms in total. The minimum absolute atomic E-state index is 0.227. The summed E-state index contributed by atoms with van der Waals surface area (Å²) in [5.74, 6) is -0.632. The topological polar surface area (TPSA) is 49.8 Å². The van der Waals surface area contributed by atoms with Gasteiger partial charge in [-0.25, -0.2) is 0 Å². The number of carboxylic acids is 1. The van der Waals surface area contributed by atoms with Gasteiger partial charge < -0.3 is 9.84 Å². The zero-order valence-electron chi connectivity index (χ0n) is 10.7. The highest BCUT2D eigenvalue weighted by Crippen LogP contribution is 2.37. The van der Waals surface area contributed by atoms with Crippen LogP contribution >= 0.6 is 0 Å². The van der Waals surface area contributed by atoms with Gasteiger partial charge in [0.1, 0.15) is 5.54 Å². The Bertz CT molecular complexity index is 272. The van der Waals surface area contributed by atoms with E-state index in [9.17, 15) is 9.90 Å². The molecule has 0 radical (unpaired) electrons. The third-order valence-electron chi connectivity index (χ3n) is 4.21. The van der Waals surface area contributed by atoms with Crippen molar-refractivity contribution in [3.63, 3.8) is 0 Å². The predicted octanol–water partition coefficient (Wildman–Crippen LogP) is 1.88. The molecule has 2 aliphatic rings. The van der Waals surface area contributed by atoms with Gasteiger partial charge in [-0.15, -0.1) is 0 Å². The van der Waals surface area contributed by atoms with Crippen molar-refractivity contribution in [3.8, 4) is 0 Å². The Morgan fingerprint density at radius 1 is 1.41 bits per heavy atom. The van der Waals surface area contributed by atoms with Crippen LogP contribution in [0.2, 0.25) is 0 Å². The smallest absolute Gasteiger partial charge is 0.324 e. The van der Waals surface area contributed by atoms with E-state index in [1.54, 1.807) is 0 Å². The molecule has 1 N–H and O–H groups in total. The number of carboxylic acid groups (broad SMARTS) is 1. The summed E-state index contributed by atoms with van der Waals surface area (Å²) in [4.78, 5) is 13.8. The summed E-state index contributed by atoms with van der Waals surface area (Å²) >= 11 is 0. The third kappa shape index (κ3) is 2.47. The van der Waals surface area contributed by atoms with Crippen molar-refractivity contribution in [1.29, 1.82) is 0 Å². The number of hydrogen-bond acceptors (Lipinski definition) is 3. The van der Waals surface area contributed by atoms with Crippen molar-refractivity contribution in [2.45, 2.75) is 57.1 Å². The fourth-order valence-electron chi connectivity index (χ4n) is 3.32. The molecule has 0 aromatic rings. The van der Waals surface area contributed by atoms with Crippen molar-refractivity contribution < 1.29 is 14.6 Å². The van der Waals surface area contributed by atoms with E-state index in [0.717, 1.165) is 58.2 Å². The van der Waals surface area contributed by atoms with Gasteiger partial charge in [0.05, 0.1) is 6.10 Å². The molecule has 0 bridgehead atoms. The molecule has 1 aliphatic carbocycles. The molecule has 0 aromatic carbocycles. The van der Waals surface area contributed by atoms with Crippen molar-refractivity contribution in [2.24, 2.45) is 0 Å². The Hall–Kier alpha value is -0.610. The average Bonchev–Trinajstić information content (AvgIpc) is 2.80. The van der Waals surface area contributed by atoms with Crippen molar-refractivity contribution in [2.75, 3.05) is 19.7 Å². The van der Waals surface area contributed by atoms with Crippen LogP contribution in [0.25, 0.3) is 0 Å². The molecule has 1 saturated heterocycles. The van der Waals surface area contributed by atoms with E-state index in [1.807, 2.05) is 6.92 Å². The summed E-state index contributed by atoms with van der Waals surface area (Å²) in [7, 11) is 0. The van der Waals surface area contributed by atoms with Crippen LogP contribution in [0.3, 0.4) is 0 Å². The van der Waals surface area contributed by atoms with E-state index in [4.69, 9.17) is 4.74 Å². The normalized spacial score (nSPS) is 29.4. The fraction of sp³-hybridized carbons (Fsp3) is 0.923. The summed E-state index contributed by atoms with van der Waals surface area (Å²) in [5.41, 5.74) is -0.588. The largest absolute Gasteiger partial charge is 0.480 e. The summed E-state index contributed by atoms with van der Waals surface area (Å²) in [6, 6.07) is 0. The average molecular weight is 241 g/mol. The zero-order valence-corrected chi connectivity index (χ0v) is 10.7. The highest BCUT2D eigenvalue weighted by atomic mass is 16.5. The predicted molar refractivity (Wildman–Crippen MR) is 65.1 cm³/mol. The lowest BCUT2D eigenvalue weighted by atomic mass is 9.92. The maximum absolute atomic E-state index is 11.6. The zero-order chi connectivity index (χ0) is 12.3. The highest BCUT2D eigenvalue weighted by molar-refractivity contribution is 5.79. The van der Waals surface area contributed by atoms with Crippen LogP contribution < -0.4 is 0 Å². The van der Waals surface area contributed by atoms with Crippen LogP contribution in [-0.4, -0.2) is 47.3 Å². The summed E-state index contributed by atoms with van der Waals surface area (Å²) in [6.45, 7) is 4.43. The monoisotopic (exact) mass is 241 g/mol. The van der Waals surface area contributed by atoms with Crippen molar-refractivity contribution in [3.05, 3.63) is 0 Å². The first-order valence-electron chi connectivity index (χ1n) is 6.79. The first-order valence-corrected chi connectivity index (χ1v) is 6.79. The molecule has 1 unspecified atom stereocenters. The SMILES string of the molecule is CCOC1CCCN(C2(C(=O)O)CCCC2)C1. The van der Waals surface area contributed by atoms with Gasteiger partial charge in [-0.1, -0.05) is 12.8 Å². The van der Waals surface area contributed by atoms with Gasteiger partial charge in [0.25, 0.3) is 0 Å². The Kier molecular flexibility index (Phi) is 4.05. The quantitative estimate of drug-likeness (QED) is 0.816. The minimum Gasteiger partial charge on any atom is -0.480 e. The summed E-state index contributed by atoms with van der Waals surface area (Å²) in [5, 5.41) is 9.55. The Morgan fingerprint density at radius 2 is 2.12 bits per heavy atom. The van der Waals surface area contributed by atoms with E-state index < -0.39 is 11.5 Å². The van der Waals surface area contributed by atoms with E-state index >= 15 is 0 Å². The fourth-order valence-corrected chi connectivity index (χ4v) is 3.32. The third-order valence-corrected chi connectivity index (χ3v) is 4.21. The maximum atomic E-state index is 11.6. The van der Waals surface area contributed by atoms with Crippen LogP contribution in [0.4, 0.5) is 0 Å². The van der Waals surface area contributed by atoms with Gasteiger partial charge in [-0.3, -0.25) is 9.69 Å².